The first kappa shape index (κ1) is 17.8. The lowest BCUT2D eigenvalue weighted by molar-refractivity contribution is -0.124. The Kier molecular flexibility index (Phi) is 4.60. The summed E-state index contributed by atoms with van der Waals surface area (Å²) in [5, 5.41) is 5.03. The van der Waals surface area contributed by atoms with E-state index in [9.17, 15) is 14.4 Å². The fourth-order valence-electron chi connectivity index (χ4n) is 3.47. The number of hydrogen-bond donors (Lipinski definition) is 2. The molecule has 0 spiro atoms. The molecule has 4 heterocycles. The molecule has 0 saturated carbocycles. The monoisotopic (exact) mass is 377 g/mol. The average molecular weight is 377 g/mol. The highest BCUT2D eigenvalue weighted by Crippen LogP contribution is 2.26. The number of nitrogens with one attached hydrogen (secondary N) is 2. The van der Waals surface area contributed by atoms with E-state index in [0.717, 1.165) is 23.1 Å². The van der Waals surface area contributed by atoms with Crippen molar-refractivity contribution in [3.63, 3.8) is 0 Å². The van der Waals surface area contributed by atoms with Crippen molar-refractivity contribution >= 4 is 23.5 Å². The summed E-state index contributed by atoms with van der Waals surface area (Å²) >= 11 is 0. The molecule has 0 saturated heterocycles. The Morgan fingerprint density at radius 2 is 2.04 bits per heavy atom. The van der Waals surface area contributed by atoms with E-state index < -0.39 is 5.91 Å². The molecule has 28 heavy (non-hydrogen) atoms. The Hall–Kier alpha value is -3.55. The molecule has 4 rings (SSSR count). The first-order chi connectivity index (χ1) is 13.5. The smallest absolute Gasteiger partial charge is 0.274 e. The van der Waals surface area contributed by atoms with E-state index in [4.69, 9.17) is 0 Å². The van der Waals surface area contributed by atoms with Crippen LogP contribution in [0.3, 0.4) is 0 Å². The van der Waals surface area contributed by atoms with E-state index in [1.807, 2.05) is 19.1 Å². The number of hydrogen-bond acceptors (Lipinski definition) is 6. The van der Waals surface area contributed by atoms with Crippen LogP contribution in [-0.4, -0.2) is 45.7 Å². The van der Waals surface area contributed by atoms with Gasteiger partial charge in [-0.15, -0.1) is 0 Å². The highest BCUT2D eigenvalue weighted by molar-refractivity contribution is 6.19. The van der Waals surface area contributed by atoms with Crippen LogP contribution < -0.4 is 10.6 Å². The number of carbonyl (C=O) groups is 3. The number of imide groups is 1. The molecular weight excluding hydrogens is 358 g/mol. The van der Waals surface area contributed by atoms with Crippen LogP contribution in [0, 0.1) is 6.92 Å². The van der Waals surface area contributed by atoms with E-state index in [1.165, 1.54) is 0 Å². The Morgan fingerprint density at radius 3 is 2.79 bits per heavy atom. The third-order valence-corrected chi connectivity index (χ3v) is 4.75. The van der Waals surface area contributed by atoms with Gasteiger partial charge in [0, 0.05) is 41.8 Å². The topological polar surface area (TPSA) is 104 Å². The quantitative estimate of drug-likeness (QED) is 0.781. The number of aromatic nitrogens is 2. The number of rotatable bonds is 4. The predicted octanol–water partition coefficient (Wildman–Crippen LogP) is 1.40. The Balaban J connectivity index is 1.43. The maximum absolute atomic E-state index is 12.4. The van der Waals surface area contributed by atoms with Crippen molar-refractivity contribution in [2.75, 3.05) is 18.4 Å². The summed E-state index contributed by atoms with van der Waals surface area (Å²) < 4.78 is 0. The lowest BCUT2D eigenvalue weighted by Crippen LogP contribution is -2.38. The average Bonchev–Trinajstić information content (AvgIpc) is 2.97. The molecule has 8 heteroatoms. The van der Waals surface area contributed by atoms with Gasteiger partial charge < -0.3 is 10.2 Å². The summed E-state index contributed by atoms with van der Waals surface area (Å²) in [4.78, 5) is 46.3. The van der Waals surface area contributed by atoms with Crippen LogP contribution in [0.2, 0.25) is 0 Å². The predicted molar refractivity (Wildman–Crippen MR) is 102 cm³/mol. The number of pyridine rings is 2. The van der Waals surface area contributed by atoms with Crippen molar-refractivity contribution in [2.45, 2.75) is 19.8 Å². The van der Waals surface area contributed by atoms with Crippen LogP contribution in [-0.2, 0) is 14.4 Å². The van der Waals surface area contributed by atoms with Gasteiger partial charge in [-0.25, -0.2) is 4.98 Å². The van der Waals surface area contributed by atoms with Crippen LogP contribution in [0.4, 0.5) is 5.82 Å². The number of nitrogens with zero attached hydrogens (tertiary/aromatic N) is 3. The Bertz CT molecular complexity index is 997. The van der Waals surface area contributed by atoms with E-state index in [1.54, 1.807) is 29.6 Å². The van der Waals surface area contributed by atoms with Gasteiger partial charge in [0.05, 0.1) is 6.54 Å². The second kappa shape index (κ2) is 7.22. The van der Waals surface area contributed by atoms with Crippen molar-refractivity contribution < 1.29 is 14.4 Å². The fraction of sp³-hybridized carbons (Fsp3) is 0.250. The molecular formula is C20H19N5O3. The molecule has 2 aliphatic heterocycles. The molecule has 0 bridgehead atoms. The van der Waals surface area contributed by atoms with E-state index in [0.29, 0.717) is 30.1 Å². The zero-order chi connectivity index (χ0) is 19.7. The minimum absolute atomic E-state index is 0.00916. The van der Waals surface area contributed by atoms with Crippen molar-refractivity contribution in [2.24, 2.45) is 0 Å². The van der Waals surface area contributed by atoms with Gasteiger partial charge >= 0.3 is 0 Å². The molecule has 0 radical (unpaired) electrons. The first-order valence-electron chi connectivity index (χ1n) is 9.03. The summed E-state index contributed by atoms with van der Waals surface area (Å²) in [7, 11) is 0. The molecule has 0 unspecified atom stereocenters. The van der Waals surface area contributed by atoms with Crippen molar-refractivity contribution in [1.29, 1.82) is 0 Å². The zero-order valence-electron chi connectivity index (χ0n) is 15.4. The van der Waals surface area contributed by atoms with Crippen LogP contribution in [0.5, 0.6) is 0 Å². The third kappa shape index (κ3) is 3.48. The van der Waals surface area contributed by atoms with Crippen molar-refractivity contribution in [3.05, 3.63) is 53.6 Å². The van der Waals surface area contributed by atoms with Gasteiger partial charge in [0.15, 0.2) is 0 Å². The molecule has 0 aromatic carbocycles. The normalized spacial score (nSPS) is 16.1. The van der Waals surface area contributed by atoms with Gasteiger partial charge in [0.25, 0.3) is 11.8 Å². The molecule has 0 fully saturated rings. The zero-order valence-corrected chi connectivity index (χ0v) is 15.4. The van der Waals surface area contributed by atoms with Crippen LogP contribution in [0.25, 0.3) is 11.1 Å². The van der Waals surface area contributed by atoms with Gasteiger partial charge in [-0.05, 0) is 43.5 Å². The highest BCUT2D eigenvalue weighted by atomic mass is 16.2. The SMILES string of the molecule is Cc1cncc(-c2ccc(NC(=O)CN3CCCC4=C3C(=O)NC4=O)nc2)c1. The summed E-state index contributed by atoms with van der Waals surface area (Å²) in [5.41, 5.74) is 3.70. The Labute approximate surface area is 161 Å². The van der Waals surface area contributed by atoms with E-state index >= 15 is 0 Å². The standard InChI is InChI=1S/C20H19N5O3/c1-12-7-14(9-21-8-12)13-4-5-16(22-10-13)23-17(26)11-25-6-2-3-15-18(25)20(28)24-19(15)27/h4-5,7-10H,2-3,6,11H2,1H3,(H,22,23,26)(H,24,27,28). The second-order valence-electron chi connectivity index (χ2n) is 6.87. The summed E-state index contributed by atoms with van der Waals surface area (Å²) in [6, 6.07) is 5.60. The number of aryl methyl sites for hydroxylation is 1. The highest BCUT2D eigenvalue weighted by Gasteiger charge is 2.36. The fourth-order valence-corrected chi connectivity index (χ4v) is 3.47. The van der Waals surface area contributed by atoms with Gasteiger partial charge in [-0.1, -0.05) is 0 Å². The maximum atomic E-state index is 12.4. The van der Waals surface area contributed by atoms with Crippen molar-refractivity contribution in [1.82, 2.24) is 20.2 Å². The first-order valence-corrected chi connectivity index (χ1v) is 9.03. The lowest BCUT2D eigenvalue weighted by Gasteiger charge is -2.27. The van der Waals surface area contributed by atoms with Gasteiger partial charge in [0.2, 0.25) is 5.91 Å². The van der Waals surface area contributed by atoms with Crippen LogP contribution in [0.1, 0.15) is 18.4 Å². The maximum Gasteiger partial charge on any atom is 0.274 e. The van der Waals surface area contributed by atoms with Crippen LogP contribution >= 0.6 is 0 Å². The van der Waals surface area contributed by atoms with Crippen LogP contribution in [0.15, 0.2) is 48.1 Å². The molecule has 2 aromatic rings. The lowest BCUT2D eigenvalue weighted by atomic mass is 10.0. The molecule has 2 aromatic heterocycles. The minimum atomic E-state index is -0.429. The third-order valence-electron chi connectivity index (χ3n) is 4.75. The Morgan fingerprint density at radius 1 is 1.18 bits per heavy atom. The summed E-state index contributed by atoms with van der Waals surface area (Å²) in [6.45, 7) is 2.52. The van der Waals surface area contributed by atoms with Gasteiger partial charge in [-0.3, -0.25) is 24.7 Å². The van der Waals surface area contributed by atoms with E-state index in [-0.39, 0.29) is 18.4 Å². The summed E-state index contributed by atoms with van der Waals surface area (Å²) in [5.74, 6) is -0.652. The van der Waals surface area contributed by atoms with E-state index in [2.05, 4.69) is 20.6 Å². The molecule has 0 aliphatic carbocycles. The van der Waals surface area contributed by atoms with Gasteiger partial charge in [0.1, 0.15) is 11.5 Å². The summed E-state index contributed by atoms with van der Waals surface area (Å²) in [6.07, 6.45) is 6.51. The number of carbonyl (C=O) groups excluding carboxylic acids is 3. The number of anilines is 1. The van der Waals surface area contributed by atoms with Crippen molar-refractivity contribution in [3.8, 4) is 11.1 Å². The molecule has 3 amide bonds. The van der Waals surface area contributed by atoms with Gasteiger partial charge in [-0.2, -0.15) is 0 Å². The molecule has 2 aliphatic rings. The minimum Gasteiger partial charge on any atom is -0.357 e. The largest absolute Gasteiger partial charge is 0.357 e. The molecule has 142 valence electrons. The molecule has 2 N–H and O–H groups in total. The molecule has 0 atom stereocenters. The molecule has 8 nitrogen and oxygen atoms in total. The second-order valence-corrected chi connectivity index (χ2v) is 6.87. The number of amides is 3.